The third-order valence-corrected chi connectivity index (χ3v) is 4.62. The molecule has 1 heterocycles. The maximum Gasteiger partial charge on any atom is 0.461 e. The second-order valence-electron chi connectivity index (χ2n) is 6.76. The normalized spacial score (nSPS) is 33.3. The van der Waals surface area contributed by atoms with Gasteiger partial charge in [0.25, 0.3) is 0 Å². The molecule has 3 heteroatoms. The monoisotopic (exact) mass is 250 g/mol. The number of allylic oxidation sites excluding steroid dienone is 2. The van der Waals surface area contributed by atoms with Crippen LogP contribution in [0.1, 0.15) is 60.3 Å². The molecule has 0 bridgehead atoms. The van der Waals surface area contributed by atoms with E-state index in [1.165, 1.54) is 25.7 Å². The zero-order valence-electron chi connectivity index (χ0n) is 12.5. The summed E-state index contributed by atoms with van der Waals surface area (Å²) in [4.78, 5) is 0. The third kappa shape index (κ3) is 2.83. The average Bonchev–Trinajstić information content (AvgIpc) is 2.97. The van der Waals surface area contributed by atoms with Gasteiger partial charge in [-0.25, -0.2) is 0 Å². The van der Waals surface area contributed by atoms with E-state index in [0.717, 1.165) is 0 Å². The van der Waals surface area contributed by atoms with Gasteiger partial charge < -0.3 is 9.31 Å². The van der Waals surface area contributed by atoms with Crippen LogP contribution in [-0.2, 0) is 9.31 Å². The van der Waals surface area contributed by atoms with E-state index >= 15 is 0 Å². The second kappa shape index (κ2) is 5.01. The first-order chi connectivity index (χ1) is 8.37. The van der Waals surface area contributed by atoms with Crippen LogP contribution in [0.2, 0.25) is 5.82 Å². The van der Waals surface area contributed by atoms with Gasteiger partial charge in [0.2, 0.25) is 0 Å². The minimum absolute atomic E-state index is 0.00387. The van der Waals surface area contributed by atoms with Crippen molar-refractivity contribution in [3.63, 3.8) is 0 Å². The predicted molar refractivity (Wildman–Crippen MR) is 76.6 cm³/mol. The molecule has 18 heavy (non-hydrogen) atoms. The Labute approximate surface area is 112 Å². The van der Waals surface area contributed by atoms with Crippen molar-refractivity contribution in [2.24, 2.45) is 5.92 Å². The van der Waals surface area contributed by atoms with Crippen molar-refractivity contribution < 1.29 is 9.31 Å². The lowest BCUT2D eigenvalue weighted by atomic mass is 9.80. The van der Waals surface area contributed by atoms with Gasteiger partial charge in [-0.15, -0.1) is 0 Å². The highest BCUT2D eigenvalue weighted by molar-refractivity contribution is 6.48. The highest BCUT2D eigenvalue weighted by Crippen LogP contribution is 2.53. The Morgan fingerprint density at radius 3 is 2.33 bits per heavy atom. The highest BCUT2D eigenvalue weighted by Gasteiger charge is 2.58. The summed E-state index contributed by atoms with van der Waals surface area (Å²) >= 11 is 0. The number of unbranched alkanes of at least 4 members (excludes halogenated alkanes) is 2. The minimum Gasteiger partial charge on any atom is -0.403 e. The molecular formula is C15H27BO2. The second-order valence-corrected chi connectivity index (χ2v) is 6.76. The fourth-order valence-electron chi connectivity index (χ4n) is 2.43. The Morgan fingerprint density at radius 2 is 1.78 bits per heavy atom. The Kier molecular flexibility index (Phi) is 3.94. The van der Waals surface area contributed by atoms with E-state index in [9.17, 15) is 0 Å². The van der Waals surface area contributed by atoms with Gasteiger partial charge in [-0.3, -0.25) is 0 Å². The molecule has 0 amide bonds. The number of hydrogen-bond donors (Lipinski definition) is 0. The number of hydrogen-bond acceptors (Lipinski definition) is 2. The first-order valence-corrected chi connectivity index (χ1v) is 7.39. The van der Waals surface area contributed by atoms with Crippen LogP contribution >= 0.6 is 0 Å². The number of rotatable bonds is 5. The van der Waals surface area contributed by atoms with E-state index in [-0.39, 0.29) is 18.3 Å². The maximum atomic E-state index is 6.09. The zero-order chi connectivity index (χ0) is 13.4. The van der Waals surface area contributed by atoms with Crippen molar-refractivity contribution in [3.05, 3.63) is 12.2 Å². The van der Waals surface area contributed by atoms with Gasteiger partial charge in [0.1, 0.15) is 0 Å². The molecular weight excluding hydrogens is 223 g/mol. The van der Waals surface area contributed by atoms with Gasteiger partial charge in [-0.1, -0.05) is 31.9 Å². The smallest absolute Gasteiger partial charge is 0.403 e. The summed E-state index contributed by atoms with van der Waals surface area (Å²) < 4.78 is 12.2. The van der Waals surface area contributed by atoms with Gasteiger partial charge in [0.15, 0.2) is 0 Å². The summed E-state index contributed by atoms with van der Waals surface area (Å²) in [7, 11) is -0.00387. The molecule has 1 aliphatic heterocycles. The molecule has 2 rings (SSSR count). The maximum absolute atomic E-state index is 6.09. The van der Waals surface area contributed by atoms with E-state index in [1.807, 2.05) is 0 Å². The van der Waals surface area contributed by atoms with Crippen molar-refractivity contribution >= 4 is 7.12 Å². The van der Waals surface area contributed by atoms with Crippen molar-refractivity contribution in [1.82, 2.24) is 0 Å². The molecule has 0 aromatic carbocycles. The quantitative estimate of drug-likeness (QED) is 0.413. The van der Waals surface area contributed by atoms with Crippen LogP contribution in [0, 0.1) is 5.92 Å². The third-order valence-electron chi connectivity index (χ3n) is 4.62. The Balaban J connectivity index is 1.81. The van der Waals surface area contributed by atoms with Gasteiger partial charge in [0, 0.05) is 5.82 Å². The molecule has 0 spiro atoms. The fraction of sp³-hybridized carbons (Fsp3) is 0.867. The Hall–Kier alpha value is -0.275. The summed E-state index contributed by atoms with van der Waals surface area (Å²) in [6.45, 7) is 10.7. The van der Waals surface area contributed by atoms with E-state index < -0.39 is 0 Å². The topological polar surface area (TPSA) is 18.5 Å². The van der Waals surface area contributed by atoms with Gasteiger partial charge in [-0.05, 0) is 46.5 Å². The predicted octanol–water partition coefficient (Wildman–Crippen LogP) is 4.22. The molecule has 1 saturated heterocycles. The van der Waals surface area contributed by atoms with Gasteiger partial charge in [-0.2, -0.15) is 0 Å². The molecule has 2 aliphatic rings. The van der Waals surface area contributed by atoms with Gasteiger partial charge >= 0.3 is 7.12 Å². The molecule has 1 saturated carbocycles. The van der Waals surface area contributed by atoms with E-state index in [0.29, 0.717) is 11.7 Å². The van der Waals surface area contributed by atoms with Gasteiger partial charge in [0.05, 0.1) is 11.2 Å². The summed E-state index contributed by atoms with van der Waals surface area (Å²) in [6.07, 6.45) is 9.70. The van der Waals surface area contributed by atoms with Crippen molar-refractivity contribution in [2.75, 3.05) is 0 Å². The van der Waals surface area contributed by atoms with Crippen LogP contribution in [0.15, 0.2) is 12.2 Å². The largest absolute Gasteiger partial charge is 0.461 e. The molecule has 2 nitrogen and oxygen atoms in total. The molecule has 102 valence electrons. The molecule has 2 fully saturated rings. The molecule has 0 aromatic rings. The fourth-order valence-corrected chi connectivity index (χ4v) is 2.43. The minimum atomic E-state index is -0.184. The average molecular weight is 250 g/mol. The molecule has 0 N–H and O–H groups in total. The summed E-state index contributed by atoms with van der Waals surface area (Å²) in [5.41, 5.74) is -0.368. The molecule has 0 radical (unpaired) electrons. The van der Waals surface area contributed by atoms with Crippen LogP contribution in [0.25, 0.3) is 0 Å². The van der Waals surface area contributed by atoms with Crippen LogP contribution < -0.4 is 0 Å². The summed E-state index contributed by atoms with van der Waals surface area (Å²) in [5, 5.41) is 0. The molecule has 2 atom stereocenters. The Bertz CT molecular complexity index is 306. The van der Waals surface area contributed by atoms with Crippen LogP contribution in [-0.4, -0.2) is 18.3 Å². The van der Waals surface area contributed by atoms with E-state index in [2.05, 4.69) is 46.8 Å². The highest BCUT2D eigenvalue weighted by atomic mass is 16.7. The van der Waals surface area contributed by atoms with Crippen LogP contribution in [0.5, 0.6) is 0 Å². The van der Waals surface area contributed by atoms with E-state index in [1.54, 1.807) is 0 Å². The van der Waals surface area contributed by atoms with Crippen molar-refractivity contribution in [2.45, 2.75) is 77.3 Å². The Morgan fingerprint density at radius 1 is 1.17 bits per heavy atom. The van der Waals surface area contributed by atoms with Crippen molar-refractivity contribution in [1.29, 1.82) is 0 Å². The van der Waals surface area contributed by atoms with Crippen molar-refractivity contribution in [3.8, 4) is 0 Å². The lowest BCUT2D eigenvalue weighted by Crippen LogP contribution is -2.41. The first-order valence-electron chi connectivity index (χ1n) is 7.39. The van der Waals surface area contributed by atoms with Crippen LogP contribution in [0.4, 0.5) is 0 Å². The summed E-state index contributed by atoms with van der Waals surface area (Å²) in [5.74, 6) is 1.25. The lowest BCUT2D eigenvalue weighted by Gasteiger charge is -2.32. The van der Waals surface area contributed by atoms with E-state index in [4.69, 9.17) is 9.31 Å². The molecule has 0 unspecified atom stereocenters. The standard InChI is InChI=1S/C15H27BO2/c1-6-7-8-9-10-12-11-13(12)16-17-14(2,3)15(4,5)18-16/h9-10,12-13H,6-8,11H2,1-5H3/b10-9+/t12-,13-/m1/s1. The molecule has 0 aromatic heterocycles. The zero-order valence-corrected chi connectivity index (χ0v) is 12.5. The first kappa shape index (κ1) is 14.1. The summed E-state index contributed by atoms with van der Waals surface area (Å²) in [6, 6.07) is 0. The lowest BCUT2D eigenvalue weighted by molar-refractivity contribution is 0.00578. The molecule has 1 aliphatic carbocycles. The van der Waals surface area contributed by atoms with Crippen LogP contribution in [0.3, 0.4) is 0 Å². The SMILES string of the molecule is CCCC/C=C/[C@@H]1C[C@H]1B1OC(C)(C)C(C)(C)O1.